The Morgan fingerprint density at radius 3 is 3.00 bits per heavy atom. The molecule has 0 unspecified atom stereocenters. The number of aliphatic hydroxyl groups is 1. The molecule has 17 heavy (non-hydrogen) atoms. The molecule has 0 aromatic carbocycles. The lowest BCUT2D eigenvalue weighted by Crippen LogP contribution is -2.20. The molecule has 0 radical (unpaired) electrons. The Kier molecular flexibility index (Phi) is 4.02. The molecule has 0 aliphatic rings. The summed E-state index contributed by atoms with van der Waals surface area (Å²) in [6, 6.07) is 0. The monoisotopic (exact) mass is 253 g/mol. The molecule has 2 aromatic heterocycles. The van der Waals surface area contributed by atoms with Crippen molar-refractivity contribution in [2.45, 2.75) is 32.8 Å². The first kappa shape index (κ1) is 12.4. The number of anilines is 1. The molecule has 0 aliphatic carbocycles. The number of fused-ring (bicyclic) bond motifs is 1. The van der Waals surface area contributed by atoms with Crippen molar-refractivity contribution in [3.8, 4) is 0 Å². The van der Waals surface area contributed by atoms with Crippen LogP contribution in [-0.2, 0) is 6.61 Å². The standard InChI is InChI=1S/C12H19N3OS/c1-3-4-5-6-14(2)11-10(9-16)15-7-8-17-12(15)13-11/h7-8,16H,3-6,9H2,1-2H3. The van der Waals surface area contributed by atoms with E-state index >= 15 is 0 Å². The average molecular weight is 253 g/mol. The van der Waals surface area contributed by atoms with Gasteiger partial charge >= 0.3 is 0 Å². The number of unbranched alkanes of at least 4 members (excludes halogenated alkanes) is 2. The van der Waals surface area contributed by atoms with Gasteiger partial charge < -0.3 is 10.0 Å². The molecule has 0 atom stereocenters. The van der Waals surface area contributed by atoms with Crippen molar-refractivity contribution in [3.63, 3.8) is 0 Å². The summed E-state index contributed by atoms with van der Waals surface area (Å²) in [5.41, 5.74) is 0.889. The third kappa shape index (κ3) is 2.45. The summed E-state index contributed by atoms with van der Waals surface area (Å²) in [6.45, 7) is 3.22. The zero-order chi connectivity index (χ0) is 12.3. The minimum absolute atomic E-state index is 0.0331. The second-order valence-corrected chi connectivity index (χ2v) is 5.10. The number of aliphatic hydroxyl groups excluding tert-OH is 1. The molecule has 1 N–H and O–H groups in total. The highest BCUT2D eigenvalue weighted by molar-refractivity contribution is 7.15. The molecule has 4 nitrogen and oxygen atoms in total. The molecule has 0 spiro atoms. The lowest BCUT2D eigenvalue weighted by Gasteiger charge is -2.17. The molecule has 2 heterocycles. The van der Waals surface area contributed by atoms with E-state index in [0.29, 0.717) is 0 Å². The van der Waals surface area contributed by atoms with Gasteiger partial charge in [-0.15, -0.1) is 11.3 Å². The molecule has 0 fully saturated rings. The molecule has 0 saturated heterocycles. The molecular formula is C12H19N3OS. The normalized spacial score (nSPS) is 11.2. The molecule has 94 valence electrons. The van der Waals surface area contributed by atoms with Crippen molar-refractivity contribution in [3.05, 3.63) is 17.3 Å². The summed E-state index contributed by atoms with van der Waals surface area (Å²) in [5, 5.41) is 11.4. The van der Waals surface area contributed by atoms with Crippen LogP contribution in [0, 0.1) is 0 Å². The van der Waals surface area contributed by atoms with E-state index in [1.165, 1.54) is 19.3 Å². The third-order valence-electron chi connectivity index (χ3n) is 2.95. The van der Waals surface area contributed by atoms with Gasteiger partial charge in [-0.25, -0.2) is 4.98 Å². The van der Waals surface area contributed by atoms with Gasteiger partial charge in [-0.05, 0) is 6.42 Å². The summed E-state index contributed by atoms with van der Waals surface area (Å²) in [7, 11) is 2.04. The Labute approximate surface area is 106 Å². The fourth-order valence-corrected chi connectivity index (χ4v) is 2.71. The maximum Gasteiger partial charge on any atom is 0.195 e. The number of hydrogen-bond donors (Lipinski definition) is 1. The van der Waals surface area contributed by atoms with E-state index in [4.69, 9.17) is 0 Å². The van der Waals surface area contributed by atoms with E-state index < -0.39 is 0 Å². The third-order valence-corrected chi connectivity index (χ3v) is 3.70. The summed E-state index contributed by atoms with van der Waals surface area (Å²) in [4.78, 5) is 7.66. The molecule has 0 aliphatic heterocycles. The molecule has 0 amide bonds. The minimum Gasteiger partial charge on any atom is -0.390 e. The summed E-state index contributed by atoms with van der Waals surface area (Å²) >= 11 is 1.60. The maximum atomic E-state index is 9.46. The van der Waals surface area contributed by atoms with Gasteiger partial charge in [0.15, 0.2) is 10.8 Å². The van der Waals surface area contributed by atoms with E-state index in [0.717, 1.165) is 23.0 Å². The number of hydrogen-bond acceptors (Lipinski definition) is 4. The van der Waals surface area contributed by atoms with Crippen LogP contribution in [0.5, 0.6) is 0 Å². The molecule has 0 bridgehead atoms. The smallest absolute Gasteiger partial charge is 0.195 e. The van der Waals surface area contributed by atoms with Crippen molar-refractivity contribution in [2.75, 3.05) is 18.5 Å². The highest BCUT2D eigenvalue weighted by atomic mass is 32.1. The fourth-order valence-electron chi connectivity index (χ4n) is 1.98. The first-order valence-corrected chi connectivity index (χ1v) is 6.92. The molecule has 2 aromatic rings. The van der Waals surface area contributed by atoms with Gasteiger partial charge in [-0.1, -0.05) is 19.8 Å². The average Bonchev–Trinajstić information content (AvgIpc) is 2.88. The van der Waals surface area contributed by atoms with Crippen LogP contribution in [0.4, 0.5) is 5.82 Å². The number of nitrogens with zero attached hydrogens (tertiary/aromatic N) is 3. The van der Waals surface area contributed by atoms with E-state index in [2.05, 4.69) is 16.8 Å². The van der Waals surface area contributed by atoms with Crippen molar-refractivity contribution >= 4 is 22.1 Å². The van der Waals surface area contributed by atoms with Gasteiger partial charge in [0.1, 0.15) is 0 Å². The SMILES string of the molecule is CCCCCN(C)c1nc2sccn2c1CO. The van der Waals surface area contributed by atoms with Gasteiger partial charge in [0, 0.05) is 25.2 Å². The topological polar surface area (TPSA) is 40.8 Å². The second kappa shape index (κ2) is 5.51. The Morgan fingerprint density at radius 1 is 1.47 bits per heavy atom. The van der Waals surface area contributed by atoms with Crippen LogP contribution >= 0.6 is 11.3 Å². The quantitative estimate of drug-likeness (QED) is 0.804. The van der Waals surface area contributed by atoms with Crippen LogP contribution in [0.1, 0.15) is 31.9 Å². The fraction of sp³-hybridized carbons (Fsp3) is 0.583. The lowest BCUT2D eigenvalue weighted by atomic mass is 10.2. The molecular weight excluding hydrogens is 234 g/mol. The maximum absolute atomic E-state index is 9.46. The minimum atomic E-state index is 0.0331. The number of aromatic nitrogens is 2. The van der Waals surface area contributed by atoms with Crippen LogP contribution in [0.15, 0.2) is 11.6 Å². The van der Waals surface area contributed by atoms with Crippen molar-refractivity contribution in [1.82, 2.24) is 9.38 Å². The van der Waals surface area contributed by atoms with Gasteiger partial charge in [0.25, 0.3) is 0 Å². The van der Waals surface area contributed by atoms with Gasteiger partial charge in [-0.2, -0.15) is 0 Å². The van der Waals surface area contributed by atoms with Crippen LogP contribution in [0.2, 0.25) is 0 Å². The van der Waals surface area contributed by atoms with Crippen molar-refractivity contribution in [2.24, 2.45) is 0 Å². The Bertz CT molecular complexity index is 477. The Balaban J connectivity index is 2.18. The summed E-state index contributed by atoms with van der Waals surface area (Å²) in [6.07, 6.45) is 5.59. The van der Waals surface area contributed by atoms with E-state index in [1.54, 1.807) is 11.3 Å². The largest absolute Gasteiger partial charge is 0.390 e. The molecule has 2 rings (SSSR count). The predicted molar refractivity (Wildman–Crippen MR) is 71.8 cm³/mol. The van der Waals surface area contributed by atoms with Gasteiger partial charge in [-0.3, -0.25) is 4.40 Å². The highest BCUT2D eigenvalue weighted by Crippen LogP contribution is 2.24. The van der Waals surface area contributed by atoms with Gasteiger partial charge in [0.2, 0.25) is 0 Å². The van der Waals surface area contributed by atoms with E-state index in [9.17, 15) is 5.11 Å². The first-order valence-electron chi connectivity index (χ1n) is 6.04. The van der Waals surface area contributed by atoms with Crippen LogP contribution < -0.4 is 4.90 Å². The summed E-state index contributed by atoms with van der Waals surface area (Å²) in [5.74, 6) is 0.912. The predicted octanol–water partition coefficient (Wildman–Crippen LogP) is 2.51. The first-order chi connectivity index (χ1) is 8.27. The Morgan fingerprint density at radius 2 is 2.29 bits per heavy atom. The van der Waals surface area contributed by atoms with Gasteiger partial charge in [0.05, 0.1) is 12.3 Å². The van der Waals surface area contributed by atoms with Crippen LogP contribution in [0.3, 0.4) is 0 Å². The van der Waals surface area contributed by atoms with Crippen molar-refractivity contribution < 1.29 is 5.11 Å². The number of thiazole rings is 1. The zero-order valence-electron chi connectivity index (χ0n) is 10.4. The van der Waals surface area contributed by atoms with Crippen molar-refractivity contribution in [1.29, 1.82) is 0 Å². The van der Waals surface area contributed by atoms with Crippen LogP contribution in [0.25, 0.3) is 4.96 Å². The molecule has 0 saturated carbocycles. The van der Waals surface area contributed by atoms with E-state index in [1.807, 2.05) is 23.0 Å². The summed E-state index contributed by atoms with van der Waals surface area (Å²) < 4.78 is 1.97. The lowest BCUT2D eigenvalue weighted by molar-refractivity contribution is 0.276. The van der Waals surface area contributed by atoms with E-state index in [-0.39, 0.29) is 6.61 Å². The second-order valence-electron chi connectivity index (χ2n) is 4.22. The zero-order valence-corrected chi connectivity index (χ0v) is 11.2. The Hall–Kier alpha value is -1.07. The highest BCUT2D eigenvalue weighted by Gasteiger charge is 2.15. The van der Waals surface area contributed by atoms with Crippen LogP contribution in [-0.4, -0.2) is 28.1 Å². The number of rotatable bonds is 6. The molecule has 5 heteroatoms. The number of imidazole rings is 1.